The number of benzene rings is 1. The monoisotopic (exact) mass is 220 g/mol. The molecule has 1 fully saturated rings. The number of rotatable bonds is 2. The Hall–Kier alpha value is -1.20. The number of nitrogens with one attached hydrogen (secondary N) is 1. The van der Waals surface area contributed by atoms with E-state index in [0.29, 0.717) is 6.04 Å². The van der Waals surface area contributed by atoms with Crippen molar-refractivity contribution in [2.24, 2.45) is 5.92 Å². The quantitative estimate of drug-likeness (QED) is 0.829. The second kappa shape index (κ2) is 4.55. The lowest BCUT2D eigenvalue weighted by Gasteiger charge is -2.16. The van der Waals surface area contributed by atoms with Gasteiger partial charge in [-0.3, -0.25) is 0 Å². The molecule has 1 aliphatic rings. The topological polar surface area (TPSA) is 35.8 Å². The average molecular weight is 221 g/mol. The first-order valence-corrected chi connectivity index (χ1v) is 5.59. The van der Waals surface area contributed by atoms with Gasteiger partial charge < -0.3 is 5.32 Å². The lowest BCUT2D eigenvalue weighted by Crippen LogP contribution is -2.22. The highest BCUT2D eigenvalue weighted by Gasteiger charge is 2.26. The maximum absolute atomic E-state index is 8.95. The van der Waals surface area contributed by atoms with Crippen LogP contribution in [-0.2, 0) is 0 Å². The Balaban J connectivity index is 2.03. The second-order valence-corrected chi connectivity index (χ2v) is 4.36. The summed E-state index contributed by atoms with van der Waals surface area (Å²) in [6.07, 6.45) is 3.24. The fourth-order valence-electron chi connectivity index (χ4n) is 2.05. The number of nitrogens with zero attached hydrogens (tertiary/aromatic N) is 1. The molecule has 0 amide bonds. The zero-order valence-corrected chi connectivity index (χ0v) is 9.17. The first-order valence-electron chi connectivity index (χ1n) is 5.21. The largest absolute Gasteiger partial charge is 0.381 e. The second-order valence-electron chi connectivity index (χ2n) is 3.92. The van der Waals surface area contributed by atoms with Gasteiger partial charge in [0.15, 0.2) is 0 Å². The first kappa shape index (κ1) is 10.3. The first-order chi connectivity index (χ1) is 7.29. The molecule has 3 heteroatoms. The third-order valence-corrected chi connectivity index (χ3v) is 3.13. The summed E-state index contributed by atoms with van der Waals surface area (Å²) in [6.45, 7) is 0. The summed E-state index contributed by atoms with van der Waals surface area (Å²) < 4.78 is 0. The van der Waals surface area contributed by atoms with Crippen molar-refractivity contribution < 1.29 is 0 Å². The van der Waals surface area contributed by atoms with Gasteiger partial charge in [-0.05, 0) is 43.5 Å². The molecule has 1 saturated carbocycles. The van der Waals surface area contributed by atoms with Gasteiger partial charge in [-0.15, -0.1) is 0 Å². The van der Waals surface area contributed by atoms with Gasteiger partial charge in [0, 0.05) is 16.8 Å². The van der Waals surface area contributed by atoms with Crippen LogP contribution in [0.1, 0.15) is 19.3 Å². The summed E-state index contributed by atoms with van der Waals surface area (Å²) in [5, 5.41) is 13.1. The Morgan fingerprint density at radius 2 is 2.00 bits per heavy atom. The molecule has 1 aromatic carbocycles. The average Bonchev–Trinajstić information content (AvgIpc) is 2.69. The number of nitriles is 1. The van der Waals surface area contributed by atoms with Gasteiger partial charge in [0.25, 0.3) is 0 Å². The molecule has 0 aromatic heterocycles. The minimum Gasteiger partial charge on any atom is -0.381 e. The summed E-state index contributed by atoms with van der Waals surface area (Å²) in [6, 6.07) is 10.3. The van der Waals surface area contributed by atoms with Crippen molar-refractivity contribution in [1.29, 1.82) is 5.26 Å². The molecule has 2 rings (SSSR count). The Morgan fingerprint density at radius 3 is 2.67 bits per heavy atom. The van der Waals surface area contributed by atoms with Crippen molar-refractivity contribution >= 4 is 17.3 Å². The zero-order valence-electron chi connectivity index (χ0n) is 8.41. The minimum absolute atomic E-state index is 0.153. The lowest BCUT2D eigenvalue weighted by molar-refractivity contribution is 0.630. The predicted octanol–water partition coefficient (Wildman–Crippen LogP) is 3.44. The Morgan fingerprint density at radius 1 is 1.27 bits per heavy atom. The van der Waals surface area contributed by atoms with E-state index in [1.165, 1.54) is 0 Å². The Labute approximate surface area is 94.9 Å². The molecular formula is C12H13ClN2. The molecular weight excluding hydrogens is 208 g/mol. The normalized spacial score (nSPS) is 24.8. The van der Waals surface area contributed by atoms with E-state index in [-0.39, 0.29) is 5.92 Å². The van der Waals surface area contributed by atoms with Crippen LogP contribution < -0.4 is 5.32 Å². The molecule has 0 spiro atoms. The van der Waals surface area contributed by atoms with E-state index in [2.05, 4.69) is 11.4 Å². The van der Waals surface area contributed by atoms with Crippen molar-refractivity contribution in [3.63, 3.8) is 0 Å². The summed E-state index contributed by atoms with van der Waals surface area (Å²) >= 11 is 5.80. The summed E-state index contributed by atoms with van der Waals surface area (Å²) in [5.41, 5.74) is 1.05. The molecule has 2 nitrogen and oxygen atoms in total. The zero-order chi connectivity index (χ0) is 10.7. The van der Waals surface area contributed by atoms with Gasteiger partial charge in [0.05, 0.1) is 12.0 Å². The van der Waals surface area contributed by atoms with Crippen LogP contribution in [0.15, 0.2) is 24.3 Å². The van der Waals surface area contributed by atoms with Gasteiger partial charge in [-0.25, -0.2) is 0 Å². The van der Waals surface area contributed by atoms with Crippen LogP contribution in [0.2, 0.25) is 5.02 Å². The van der Waals surface area contributed by atoms with E-state index in [9.17, 15) is 0 Å². The molecule has 1 aromatic rings. The van der Waals surface area contributed by atoms with Crippen molar-refractivity contribution in [2.75, 3.05) is 5.32 Å². The van der Waals surface area contributed by atoms with Gasteiger partial charge in [-0.2, -0.15) is 5.26 Å². The fraction of sp³-hybridized carbons (Fsp3) is 0.417. The lowest BCUT2D eigenvalue weighted by atomic mass is 10.1. The summed E-state index contributed by atoms with van der Waals surface area (Å²) in [7, 11) is 0. The molecule has 1 aliphatic carbocycles. The van der Waals surface area contributed by atoms with Crippen LogP contribution in [0.25, 0.3) is 0 Å². The molecule has 2 unspecified atom stereocenters. The third kappa shape index (κ3) is 2.43. The van der Waals surface area contributed by atoms with Crippen molar-refractivity contribution in [3.8, 4) is 6.07 Å². The highest BCUT2D eigenvalue weighted by molar-refractivity contribution is 6.30. The van der Waals surface area contributed by atoms with Gasteiger partial charge in [0.2, 0.25) is 0 Å². The van der Waals surface area contributed by atoms with Crippen molar-refractivity contribution in [1.82, 2.24) is 0 Å². The number of halogens is 1. The van der Waals surface area contributed by atoms with E-state index in [1.807, 2.05) is 24.3 Å². The van der Waals surface area contributed by atoms with Gasteiger partial charge in [-0.1, -0.05) is 11.6 Å². The standard InChI is InChI=1S/C12H13ClN2/c13-10-4-6-11(7-5-10)15-12-3-1-2-9(12)8-14/h4-7,9,12,15H,1-3H2. The smallest absolute Gasteiger partial charge is 0.0677 e. The number of hydrogen-bond donors (Lipinski definition) is 1. The molecule has 0 bridgehead atoms. The molecule has 78 valence electrons. The molecule has 0 saturated heterocycles. The highest BCUT2D eigenvalue weighted by atomic mass is 35.5. The van der Waals surface area contributed by atoms with Gasteiger partial charge >= 0.3 is 0 Å². The third-order valence-electron chi connectivity index (χ3n) is 2.88. The highest BCUT2D eigenvalue weighted by Crippen LogP contribution is 2.28. The van der Waals surface area contributed by atoms with E-state index in [4.69, 9.17) is 16.9 Å². The van der Waals surface area contributed by atoms with Crippen LogP contribution in [0.4, 0.5) is 5.69 Å². The van der Waals surface area contributed by atoms with E-state index in [1.54, 1.807) is 0 Å². The molecule has 0 heterocycles. The summed E-state index contributed by atoms with van der Waals surface area (Å²) in [4.78, 5) is 0. The van der Waals surface area contributed by atoms with Crippen molar-refractivity contribution in [2.45, 2.75) is 25.3 Å². The van der Waals surface area contributed by atoms with E-state index in [0.717, 1.165) is 30.0 Å². The fourth-order valence-corrected chi connectivity index (χ4v) is 2.17. The van der Waals surface area contributed by atoms with Crippen LogP contribution in [0.5, 0.6) is 0 Å². The number of hydrogen-bond acceptors (Lipinski definition) is 2. The van der Waals surface area contributed by atoms with Crippen molar-refractivity contribution in [3.05, 3.63) is 29.3 Å². The van der Waals surface area contributed by atoms with E-state index < -0.39 is 0 Å². The Kier molecular flexibility index (Phi) is 3.13. The van der Waals surface area contributed by atoms with Crippen LogP contribution in [0.3, 0.4) is 0 Å². The van der Waals surface area contributed by atoms with E-state index >= 15 is 0 Å². The molecule has 15 heavy (non-hydrogen) atoms. The van der Waals surface area contributed by atoms with Gasteiger partial charge in [0.1, 0.15) is 0 Å². The Bertz CT molecular complexity index is 366. The predicted molar refractivity (Wildman–Crippen MR) is 61.8 cm³/mol. The van der Waals surface area contributed by atoms with Crippen LogP contribution in [0, 0.1) is 17.2 Å². The molecule has 0 aliphatic heterocycles. The molecule has 0 radical (unpaired) electrons. The molecule has 1 N–H and O–H groups in total. The SMILES string of the molecule is N#CC1CCCC1Nc1ccc(Cl)cc1. The maximum Gasteiger partial charge on any atom is 0.0677 e. The summed E-state index contributed by atoms with van der Waals surface area (Å²) in [5.74, 6) is 0.153. The van der Waals surface area contributed by atoms with Crippen LogP contribution in [-0.4, -0.2) is 6.04 Å². The number of anilines is 1. The molecule has 2 atom stereocenters. The maximum atomic E-state index is 8.95. The minimum atomic E-state index is 0.153. The van der Waals surface area contributed by atoms with Crippen LogP contribution >= 0.6 is 11.6 Å².